The summed E-state index contributed by atoms with van der Waals surface area (Å²) in [6.07, 6.45) is -0.377. The van der Waals surface area contributed by atoms with Gasteiger partial charge in [0.1, 0.15) is 11.7 Å². The molecule has 0 aromatic heterocycles. The third-order valence-electron chi connectivity index (χ3n) is 6.50. The van der Waals surface area contributed by atoms with E-state index in [1.807, 2.05) is 0 Å². The summed E-state index contributed by atoms with van der Waals surface area (Å²) in [6.45, 7) is 1.43. The summed E-state index contributed by atoms with van der Waals surface area (Å²) in [4.78, 5) is 40.5. The Morgan fingerprint density at radius 2 is 1.47 bits per heavy atom. The molecule has 0 aliphatic heterocycles. The van der Waals surface area contributed by atoms with Crippen LogP contribution in [0.1, 0.15) is 24.8 Å². The monoisotopic (exact) mass is 488 g/mol. The second-order valence-electron chi connectivity index (χ2n) is 9.12. The van der Waals surface area contributed by atoms with Gasteiger partial charge in [0.15, 0.2) is 11.5 Å². The quantitative estimate of drug-likeness (QED) is 0.392. The normalized spacial score (nSPS) is 23.5. The van der Waals surface area contributed by atoms with Crippen LogP contribution in [-0.4, -0.2) is 40.5 Å². The Labute approximate surface area is 208 Å². The molecule has 1 aliphatic carbocycles. The first-order valence-electron chi connectivity index (χ1n) is 11.5. The highest BCUT2D eigenvalue weighted by Gasteiger charge is 2.56. The maximum absolute atomic E-state index is 13.6. The van der Waals surface area contributed by atoms with Gasteiger partial charge >= 0.3 is 0 Å². The predicted octanol–water partition coefficient (Wildman–Crippen LogP) is 3.72. The van der Waals surface area contributed by atoms with Gasteiger partial charge in [-0.2, -0.15) is 0 Å². The van der Waals surface area contributed by atoms with Crippen molar-refractivity contribution in [1.29, 1.82) is 0 Å². The molecule has 4 rings (SSSR count). The fourth-order valence-electron chi connectivity index (χ4n) is 4.88. The van der Waals surface area contributed by atoms with E-state index in [1.165, 1.54) is 32.2 Å². The number of ether oxygens (including phenoxy) is 1. The lowest BCUT2D eigenvalue weighted by Gasteiger charge is -2.44. The van der Waals surface area contributed by atoms with Crippen LogP contribution in [0.2, 0.25) is 0 Å². The lowest BCUT2D eigenvalue weighted by Crippen LogP contribution is -2.56. The molecule has 0 bridgehead atoms. The molecule has 3 aromatic rings. The van der Waals surface area contributed by atoms with E-state index in [0.717, 1.165) is 0 Å². The van der Waals surface area contributed by atoms with Gasteiger partial charge in [-0.25, -0.2) is 0 Å². The van der Waals surface area contributed by atoms with Gasteiger partial charge < -0.3 is 25.6 Å². The molecule has 8 heteroatoms. The Balaban J connectivity index is 1.81. The molecule has 36 heavy (non-hydrogen) atoms. The van der Waals surface area contributed by atoms with Crippen molar-refractivity contribution in [1.82, 2.24) is 0 Å². The first-order valence-corrected chi connectivity index (χ1v) is 11.5. The summed E-state index contributed by atoms with van der Waals surface area (Å²) in [5, 5.41) is 27.1. The molecule has 1 fully saturated rings. The number of hydrogen-bond acceptors (Lipinski definition) is 6. The molecule has 3 aromatic carbocycles. The van der Waals surface area contributed by atoms with E-state index in [0.29, 0.717) is 16.9 Å². The fourth-order valence-corrected chi connectivity index (χ4v) is 4.88. The average Bonchev–Trinajstić information content (AvgIpc) is 2.84. The standard InChI is InChI=1S/C28H28N2O6/c1-28(35)16-21(32)24(26(33)29-18-9-5-3-6-10-18)23(17-13-14-20(31)22(15-17)36-2)25(28)27(34)30-19-11-7-4-8-12-19/h3-15,23-25,31,35H,16H2,1-2H3,(H,29,33)(H,30,34)/t23-,24-,25-,28+/m0/s1. The number of carbonyl (C=O) groups is 3. The molecule has 8 nitrogen and oxygen atoms in total. The first kappa shape index (κ1) is 24.9. The number of rotatable bonds is 6. The number of amides is 2. The number of ketones is 1. The van der Waals surface area contributed by atoms with Crippen LogP contribution in [0.5, 0.6) is 11.5 Å². The predicted molar refractivity (Wildman–Crippen MR) is 135 cm³/mol. The topological polar surface area (TPSA) is 125 Å². The number of benzene rings is 3. The van der Waals surface area contributed by atoms with Crippen molar-refractivity contribution in [3.05, 3.63) is 84.4 Å². The van der Waals surface area contributed by atoms with Crippen molar-refractivity contribution >= 4 is 29.0 Å². The Hall–Kier alpha value is -4.17. The summed E-state index contributed by atoms with van der Waals surface area (Å²) in [6, 6.07) is 21.8. The zero-order valence-corrected chi connectivity index (χ0v) is 20.0. The van der Waals surface area contributed by atoms with Crippen molar-refractivity contribution in [2.24, 2.45) is 11.8 Å². The van der Waals surface area contributed by atoms with Gasteiger partial charge in [0.2, 0.25) is 11.8 Å². The summed E-state index contributed by atoms with van der Waals surface area (Å²) in [5.74, 6) is -5.11. The minimum atomic E-state index is -1.74. The van der Waals surface area contributed by atoms with Crippen LogP contribution >= 0.6 is 0 Å². The molecule has 0 unspecified atom stereocenters. The van der Waals surface area contributed by atoms with Crippen molar-refractivity contribution < 1.29 is 29.3 Å². The van der Waals surface area contributed by atoms with Crippen LogP contribution in [0, 0.1) is 11.8 Å². The van der Waals surface area contributed by atoms with E-state index in [-0.39, 0.29) is 17.9 Å². The van der Waals surface area contributed by atoms with Crippen LogP contribution in [0.15, 0.2) is 78.9 Å². The van der Waals surface area contributed by atoms with Gasteiger partial charge in [-0.05, 0) is 48.9 Å². The Morgan fingerprint density at radius 3 is 2.03 bits per heavy atom. The van der Waals surface area contributed by atoms with Gasteiger partial charge in [0.25, 0.3) is 0 Å². The third-order valence-corrected chi connectivity index (χ3v) is 6.50. The Morgan fingerprint density at radius 1 is 0.917 bits per heavy atom. The lowest BCUT2D eigenvalue weighted by atomic mass is 9.61. The molecule has 0 radical (unpaired) electrons. The highest BCUT2D eigenvalue weighted by molar-refractivity contribution is 6.10. The number of hydrogen-bond donors (Lipinski definition) is 4. The summed E-state index contributed by atoms with van der Waals surface area (Å²) < 4.78 is 5.24. The molecule has 0 spiro atoms. The minimum Gasteiger partial charge on any atom is -0.504 e. The molecular weight excluding hydrogens is 460 g/mol. The number of anilines is 2. The number of para-hydroxylation sites is 2. The van der Waals surface area contributed by atoms with Crippen LogP contribution < -0.4 is 15.4 Å². The molecule has 0 saturated heterocycles. The SMILES string of the molecule is COc1cc([C@H]2[C@@H](C(=O)Nc3ccccc3)C(=O)C[C@@](C)(O)[C@@H]2C(=O)Nc2ccccc2)ccc1O. The van der Waals surface area contributed by atoms with E-state index in [1.54, 1.807) is 60.7 Å². The third kappa shape index (κ3) is 5.08. The zero-order chi connectivity index (χ0) is 25.9. The van der Waals surface area contributed by atoms with Gasteiger partial charge in [-0.1, -0.05) is 42.5 Å². The molecule has 4 N–H and O–H groups in total. The summed E-state index contributed by atoms with van der Waals surface area (Å²) in [5.41, 5.74) is -0.322. The first-order chi connectivity index (χ1) is 17.2. The lowest BCUT2D eigenvalue weighted by molar-refractivity contribution is -0.150. The summed E-state index contributed by atoms with van der Waals surface area (Å²) >= 11 is 0. The van der Waals surface area contributed by atoms with E-state index < -0.39 is 41.0 Å². The minimum absolute atomic E-state index is 0.120. The second-order valence-corrected chi connectivity index (χ2v) is 9.12. The van der Waals surface area contributed by atoms with Crippen molar-refractivity contribution in [2.75, 3.05) is 17.7 Å². The molecular formula is C28H28N2O6. The molecule has 4 atom stereocenters. The van der Waals surface area contributed by atoms with Crippen LogP contribution in [0.3, 0.4) is 0 Å². The Kier molecular flexibility index (Phi) is 7.07. The molecule has 1 saturated carbocycles. The van der Waals surface area contributed by atoms with Crippen LogP contribution in [-0.2, 0) is 14.4 Å². The molecule has 0 heterocycles. The number of methoxy groups -OCH3 is 1. The Bertz CT molecular complexity index is 1260. The number of aliphatic hydroxyl groups is 1. The van der Waals surface area contributed by atoms with Crippen molar-refractivity contribution in [2.45, 2.75) is 24.9 Å². The van der Waals surface area contributed by atoms with Crippen LogP contribution in [0.25, 0.3) is 0 Å². The maximum Gasteiger partial charge on any atom is 0.235 e. The highest BCUT2D eigenvalue weighted by Crippen LogP contribution is 2.47. The van der Waals surface area contributed by atoms with Gasteiger partial charge in [0.05, 0.1) is 18.6 Å². The average molecular weight is 489 g/mol. The highest BCUT2D eigenvalue weighted by atomic mass is 16.5. The smallest absolute Gasteiger partial charge is 0.235 e. The summed E-state index contributed by atoms with van der Waals surface area (Å²) in [7, 11) is 1.38. The molecule has 2 amide bonds. The van der Waals surface area contributed by atoms with E-state index in [2.05, 4.69) is 10.6 Å². The van der Waals surface area contributed by atoms with Gasteiger partial charge in [-0.3, -0.25) is 14.4 Å². The van der Waals surface area contributed by atoms with Crippen LogP contribution in [0.4, 0.5) is 11.4 Å². The number of Topliss-reactive ketones (excluding diaryl/α,β-unsaturated/α-hetero) is 1. The molecule has 1 aliphatic rings. The number of carbonyl (C=O) groups excluding carboxylic acids is 3. The second kappa shape index (κ2) is 10.2. The van der Waals surface area contributed by atoms with Crippen molar-refractivity contribution in [3.8, 4) is 11.5 Å². The number of aromatic hydroxyl groups is 1. The maximum atomic E-state index is 13.6. The number of phenols is 1. The van der Waals surface area contributed by atoms with Crippen molar-refractivity contribution in [3.63, 3.8) is 0 Å². The largest absolute Gasteiger partial charge is 0.504 e. The van der Waals surface area contributed by atoms with Gasteiger partial charge in [-0.15, -0.1) is 0 Å². The fraction of sp³-hybridized carbons (Fsp3) is 0.250. The van der Waals surface area contributed by atoms with Gasteiger partial charge in [0, 0.05) is 23.7 Å². The zero-order valence-electron chi connectivity index (χ0n) is 20.0. The number of phenolic OH excluding ortho intramolecular Hbond substituents is 1. The van der Waals surface area contributed by atoms with E-state index in [4.69, 9.17) is 4.74 Å². The number of nitrogens with one attached hydrogen (secondary N) is 2. The van der Waals surface area contributed by atoms with E-state index in [9.17, 15) is 24.6 Å². The van der Waals surface area contributed by atoms with E-state index >= 15 is 0 Å². The molecule has 186 valence electrons.